The molecule has 2 aliphatic rings. The number of hydrogen-bond donors (Lipinski definition) is 0. The molecule has 0 amide bonds. The van der Waals surface area contributed by atoms with Crippen molar-refractivity contribution in [3.8, 4) is 0 Å². The van der Waals surface area contributed by atoms with Crippen LogP contribution in [0, 0.1) is 0 Å². The first kappa shape index (κ1) is 14.1. The average molecular weight is 363 g/mol. The maximum atomic E-state index is 4.52. The highest BCUT2D eigenvalue weighted by Gasteiger charge is 2.32. The number of nitrogens with zero attached hydrogens (tertiary/aromatic N) is 6. The zero-order valence-corrected chi connectivity index (χ0v) is 14.0. The van der Waals surface area contributed by atoms with Gasteiger partial charge in [0.05, 0.1) is 10.5 Å². The van der Waals surface area contributed by atoms with E-state index in [1.54, 1.807) is 0 Å². The van der Waals surface area contributed by atoms with Crippen molar-refractivity contribution >= 4 is 21.9 Å². The second-order valence-electron chi connectivity index (χ2n) is 5.99. The molecule has 0 spiro atoms. The second kappa shape index (κ2) is 5.95. The van der Waals surface area contributed by atoms with Crippen LogP contribution >= 0.6 is 15.9 Å². The Morgan fingerprint density at radius 3 is 2.73 bits per heavy atom. The molecule has 0 radical (unpaired) electrons. The van der Waals surface area contributed by atoms with Gasteiger partial charge in [-0.05, 0) is 41.6 Å². The largest absolute Gasteiger partial charge is 0.331 e. The van der Waals surface area contributed by atoms with Gasteiger partial charge in [-0.15, -0.1) is 10.2 Å². The lowest BCUT2D eigenvalue weighted by atomic mass is 10.2. The van der Waals surface area contributed by atoms with Gasteiger partial charge in [0.25, 0.3) is 0 Å². The molecule has 2 aliphatic heterocycles. The van der Waals surface area contributed by atoms with Crippen LogP contribution in [0.3, 0.4) is 0 Å². The van der Waals surface area contributed by atoms with Crippen molar-refractivity contribution in [3.63, 3.8) is 0 Å². The molecule has 1 saturated heterocycles. The van der Waals surface area contributed by atoms with Crippen LogP contribution in [0.4, 0.5) is 5.95 Å². The smallest absolute Gasteiger partial charge is 0.225 e. The monoisotopic (exact) mass is 362 g/mol. The molecule has 2 aromatic heterocycles. The zero-order chi connectivity index (χ0) is 14.9. The van der Waals surface area contributed by atoms with Crippen molar-refractivity contribution in [2.24, 2.45) is 0 Å². The molecule has 1 fully saturated rings. The van der Waals surface area contributed by atoms with Crippen LogP contribution in [-0.2, 0) is 13.0 Å². The highest BCUT2D eigenvalue weighted by molar-refractivity contribution is 9.10. The lowest BCUT2D eigenvalue weighted by molar-refractivity contribution is 0.556. The van der Waals surface area contributed by atoms with Crippen LogP contribution in [0.1, 0.15) is 49.8 Å². The summed E-state index contributed by atoms with van der Waals surface area (Å²) in [6, 6.07) is 0.250. The van der Waals surface area contributed by atoms with Crippen molar-refractivity contribution in [1.82, 2.24) is 24.7 Å². The second-order valence-corrected chi connectivity index (χ2v) is 6.91. The van der Waals surface area contributed by atoms with Gasteiger partial charge in [-0.3, -0.25) is 0 Å². The lowest BCUT2D eigenvalue weighted by Gasteiger charge is -2.24. The summed E-state index contributed by atoms with van der Waals surface area (Å²) in [5.74, 6) is 3.04. The van der Waals surface area contributed by atoms with Gasteiger partial charge in [0, 0.05) is 31.9 Å². The Kier molecular flexibility index (Phi) is 3.82. The van der Waals surface area contributed by atoms with Crippen LogP contribution in [0.2, 0.25) is 0 Å². The number of halogens is 1. The predicted octanol–water partition coefficient (Wildman–Crippen LogP) is 2.90. The van der Waals surface area contributed by atoms with Gasteiger partial charge in [0.15, 0.2) is 5.82 Å². The Balaban J connectivity index is 1.66. The summed E-state index contributed by atoms with van der Waals surface area (Å²) in [4.78, 5) is 11.2. The van der Waals surface area contributed by atoms with E-state index in [-0.39, 0.29) is 6.04 Å². The van der Waals surface area contributed by atoms with E-state index >= 15 is 0 Å². The van der Waals surface area contributed by atoms with Crippen molar-refractivity contribution in [2.45, 2.75) is 51.1 Å². The van der Waals surface area contributed by atoms with E-state index in [4.69, 9.17) is 0 Å². The SMILES string of the molecule is Brc1cnc(N2CCC[C@H]2c2nnc3n2CCCCC3)nc1. The van der Waals surface area contributed by atoms with E-state index in [0.717, 1.165) is 54.4 Å². The van der Waals surface area contributed by atoms with Gasteiger partial charge in [0.2, 0.25) is 5.95 Å². The molecule has 1 atom stereocenters. The van der Waals surface area contributed by atoms with Crippen LogP contribution in [0.25, 0.3) is 0 Å². The van der Waals surface area contributed by atoms with Crippen LogP contribution < -0.4 is 4.90 Å². The number of aromatic nitrogens is 5. The number of hydrogen-bond acceptors (Lipinski definition) is 5. The van der Waals surface area contributed by atoms with Crippen molar-refractivity contribution < 1.29 is 0 Å². The standard InChI is InChI=1S/C15H19BrN6/c16-11-9-17-15(18-10-11)21-8-4-5-12(21)14-20-19-13-6-2-1-3-7-22(13)14/h9-10,12H,1-8H2/t12-/m0/s1. The van der Waals surface area contributed by atoms with E-state index in [2.05, 4.69) is 45.6 Å². The molecule has 0 N–H and O–H groups in total. The molecule has 2 aromatic rings. The molecule has 7 heteroatoms. The molecule has 0 bridgehead atoms. The van der Waals surface area contributed by atoms with Crippen LogP contribution in [-0.4, -0.2) is 31.3 Å². The van der Waals surface area contributed by atoms with Crippen LogP contribution in [0.15, 0.2) is 16.9 Å². The van der Waals surface area contributed by atoms with E-state index in [0.29, 0.717) is 0 Å². The Bertz CT molecular complexity index is 653. The van der Waals surface area contributed by atoms with Crippen molar-refractivity contribution in [1.29, 1.82) is 0 Å². The predicted molar refractivity (Wildman–Crippen MR) is 86.6 cm³/mol. The maximum Gasteiger partial charge on any atom is 0.225 e. The van der Waals surface area contributed by atoms with E-state index in [1.807, 2.05) is 12.4 Å². The normalized spacial score (nSPS) is 21.7. The number of anilines is 1. The fourth-order valence-electron chi connectivity index (χ4n) is 3.48. The summed E-state index contributed by atoms with van der Waals surface area (Å²) in [6.07, 6.45) is 10.6. The summed E-state index contributed by atoms with van der Waals surface area (Å²) in [5, 5.41) is 8.96. The minimum Gasteiger partial charge on any atom is -0.331 e. The first-order valence-electron chi connectivity index (χ1n) is 7.99. The molecule has 0 unspecified atom stereocenters. The minimum absolute atomic E-state index is 0.250. The average Bonchev–Trinajstić information content (AvgIpc) is 3.09. The summed E-state index contributed by atoms with van der Waals surface area (Å²) in [7, 11) is 0. The zero-order valence-electron chi connectivity index (χ0n) is 12.5. The Labute approximate surface area is 138 Å². The molecule has 4 heterocycles. The summed E-state index contributed by atoms with van der Waals surface area (Å²) < 4.78 is 3.25. The van der Waals surface area contributed by atoms with Gasteiger partial charge < -0.3 is 9.47 Å². The van der Waals surface area contributed by atoms with E-state index < -0.39 is 0 Å². The fraction of sp³-hybridized carbons (Fsp3) is 0.600. The third-order valence-corrected chi connectivity index (χ3v) is 4.96. The molecular formula is C15H19BrN6. The number of fused-ring (bicyclic) bond motifs is 1. The van der Waals surface area contributed by atoms with Gasteiger partial charge in [-0.1, -0.05) is 6.42 Å². The Hall–Kier alpha value is -1.50. The molecule has 0 saturated carbocycles. The third-order valence-electron chi connectivity index (χ3n) is 4.55. The Morgan fingerprint density at radius 1 is 1.00 bits per heavy atom. The van der Waals surface area contributed by atoms with Gasteiger partial charge >= 0.3 is 0 Å². The topological polar surface area (TPSA) is 59.7 Å². The quantitative estimate of drug-likeness (QED) is 0.821. The molecular weight excluding hydrogens is 344 g/mol. The highest BCUT2D eigenvalue weighted by atomic mass is 79.9. The molecule has 0 aromatic carbocycles. The molecule has 4 rings (SSSR count). The first-order chi connectivity index (χ1) is 10.8. The minimum atomic E-state index is 0.250. The number of rotatable bonds is 2. The highest BCUT2D eigenvalue weighted by Crippen LogP contribution is 2.34. The van der Waals surface area contributed by atoms with Gasteiger partial charge in [-0.2, -0.15) is 0 Å². The number of aryl methyl sites for hydroxylation is 1. The maximum absolute atomic E-state index is 4.52. The van der Waals surface area contributed by atoms with E-state index in [9.17, 15) is 0 Å². The van der Waals surface area contributed by atoms with Crippen molar-refractivity contribution in [3.05, 3.63) is 28.5 Å². The van der Waals surface area contributed by atoms with Gasteiger partial charge in [-0.25, -0.2) is 9.97 Å². The molecule has 6 nitrogen and oxygen atoms in total. The first-order valence-corrected chi connectivity index (χ1v) is 8.78. The Morgan fingerprint density at radius 2 is 1.86 bits per heavy atom. The lowest BCUT2D eigenvalue weighted by Crippen LogP contribution is -2.27. The summed E-state index contributed by atoms with van der Waals surface area (Å²) >= 11 is 3.40. The molecule has 116 valence electrons. The summed E-state index contributed by atoms with van der Waals surface area (Å²) in [5.41, 5.74) is 0. The fourth-order valence-corrected chi connectivity index (χ4v) is 3.69. The molecule has 22 heavy (non-hydrogen) atoms. The summed E-state index contributed by atoms with van der Waals surface area (Å²) in [6.45, 7) is 2.03. The van der Waals surface area contributed by atoms with Crippen LogP contribution in [0.5, 0.6) is 0 Å². The van der Waals surface area contributed by atoms with Gasteiger partial charge in [0.1, 0.15) is 5.82 Å². The van der Waals surface area contributed by atoms with Crippen molar-refractivity contribution in [2.75, 3.05) is 11.4 Å². The van der Waals surface area contributed by atoms with E-state index in [1.165, 1.54) is 19.3 Å². The molecule has 0 aliphatic carbocycles. The third kappa shape index (κ3) is 2.51.